The number of nitrogens with one attached hydrogen (secondary N) is 2. The van der Waals surface area contributed by atoms with Crippen molar-refractivity contribution in [1.29, 1.82) is 0 Å². The molecule has 1 saturated carbocycles. The van der Waals surface area contributed by atoms with Crippen LogP contribution in [0.25, 0.3) is 0 Å². The Bertz CT molecular complexity index is 774. The Morgan fingerprint density at radius 2 is 1.94 bits per heavy atom. The molecule has 1 aromatic rings. The third-order valence-electron chi connectivity index (χ3n) is 6.25. The van der Waals surface area contributed by atoms with Crippen LogP contribution in [-0.4, -0.2) is 64.0 Å². The monoisotopic (exact) mass is 433 g/mol. The van der Waals surface area contributed by atoms with Gasteiger partial charge in [-0.1, -0.05) is 37.3 Å². The molecule has 0 bridgehead atoms. The maximum absolute atomic E-state index is 13.0. The number of likely N-dealkylation sites (tertiary alicyclic amines) is 1. The van der Waals surface area contributed by atoms with Crippen molar-refractivity contribution in [1.82, 2.24) is 15.5 Å². The van der Waals surface area contributed by atoms with Gasteiger partial charge in [-0.3, -0.25) is 4.79 Å². The minimum Gasteiger partial charge on any atom is -0.465 e. The smallest absolute Gasteiger partial charge is 0.408 e. The first kappa shape index (κ1) is 22.9. The van der Waals surface area contributed by atoms with E-state index in [0.29, 0.717) is 38.6 Å². The third-order valence-corrected chi connectivity index (χ3v) is 6.25. The number of amides is 3. The number of hydrogen-bond acceptors (Lipinski definition) is 5. The minimum atomic E-state index is -1.08. The van der Waals surface area contributed by atoms with E-state index >= 15 is 0 Å². The molecular weight excluding hydrogens is 402 g/mol. The summed E-state index contributed by atoms with van der Waals surface area (Å²) in [5.74, 6) is -0.400. The molecule has 5 atom stereocenters. The quantitative estimate of drug-likeness (QED) is 0.521. The van der Waals surface area contributed by atoms with Gasteiger partial charge < -0.3 is 30.5 Å². The number of benzene rings is 1. The maximum atomic E-state index is 13.0. The predicted molar refractivity (Wildman–Crippen MR) is 112 cm³/mol. The van der Waals surface area contributed by atoms with Gasteiger partial charge in [-0.25, -0.2) is 9.59 Å². The Kier molecular flexibility index (Phi) is 7.73. The summed E-state index contributed by atoms with van der Waals surface area (Å²) in [6, 6.07) is 8.23. The lowest BCUT2D eigenvalue weighted by Gasteiger charge is -2.42. The van der Waals surface area contributed by atoms with E-state index in [-0.39, 0.29) is 30.5 Å². The maximum Gasteiger partial charge on any atom is 0.408 e. The third kappa shape index (κ3) is 5.88. The highest BCUT2D eigenvalue weighted by Gasteiger charge is 2.44. The lowest BCUT2D eigenvalue weighted by Crippen LogP contribution is -2.54. The van der Waals surface area contributed by atoms with E-state index in [1.807, 2.05) is 37.3 Å². The van der Waals surface area contributed by atoms with Crippen molar-refractivity contribution < 1.29 is 29.3 Å². The highest BCUT2D eigenvalue weighted by Crippen LogP contribution is 2.34. The van der Waals surface area contributed by atoms with Crippen molar-refractivity contribution >= 4 is 18.1 Å². The Balaban J connectivity index is 1.57. The predicted octanol–water partition coefficient (Wildman–Crippen LogP) is 2.09. The molecule has 2 fully saturated rings. The van der Waals surface area contributed by atoms with E-state index in [1.54, 1.807) is 4.90 Å². The molecule has 9 heteroatoms. The standard InChI is InChI=1S/C22H31N3O6/c1-2-19(26)16-12-15(23-21(28)29)8-9-18(16)25-11-10-17(20(25)27)24-22(30)31-13-14-6-4-3-5-7-14/h3-7,15-19,23,26H,2,8-13H2,1H3,(H,24,30)(H,28,29)/t15-,16-,17+,18+,19?/m1/s1. The van der Waals surface area contributed by atoms with E-state index in [2.05, 4.69) is 10.6 Å². The molecule has 3 amide bonds. The Morgan fingerprint density at radius 1 is 1.19 bits per heavy atom. The lowest BCUT2D eigenvalue weighted by molar-refractivity contribution is -0.134. The zero-order valence-electron chi connectivity index (χ0n) is 17.7. The van der Waals surface area contributed by atoms with Crippen molar-refractivity contribution in [3.8, 4) is 0 Å². The summed E-state index contributed by atoms with van der Waals surface area (Å²) < 4.78 is 5.22. The molecule has 4 N–H and O–H groups in total. The number of carbonyl (C=O) groups excluding carboxylic acids is 2. The van der Waals surface area contributed by atoms with Gasteiger partial charge in [0.2, 0.25) is 5.91 Å². The van der Waals surface area contributed by atoms with Gasteiger partial charge >= 0.3 is 12.2 Å². The molecule has 9 nitrogen and oxygen atoms in total. The summed E-state index contributed by atoms with van der Waals surface area (Å²) in [5.41, 5.74) is 0.861. The molecule has 1 heterocycles. The molecule has 170 valence electrons. The number of aliphatic hydroxyl groups excluding tert-OH is 1. The van der Waals surface area contributed by atoms with Crippen LogP contribution >= 0.6 is 0 Å². The fourth-order valence-electron chi connectivity index (χ4n) is 4.67. The van der Waals surface area contributed by atoms with Crippen molar-refractivity contribution in [2.45, 2.75) is 69.9 Å². The molecule has 0 spiro atoms. The summed E-state index contributed by atoms with van der Waals surface area (Å²) in [7, 11) is 0. The summed E-state index contributed by atoms with van der Waals surface area (Å²) in [4.78, 5) is 37.9. The van der Waals surface area contributed by atoms with Crippen molar-refractivity contribution in [3.05, 3.63) is 35.9 Å². The Morgan fingerprint density at radius 3 is 2.61 bits per heavy atom. The van der Waals surface area contributed by atoms with Gasteiger partial charge in [-0.15, -0.1) is 0 Å². The lowest BCUT2D eigenvalue weighted by atomic mass is 9.77. The Hall–Kier alpha value is -2.81. The molecule has 0 radical (unpaired) electrons. The summed E-state index contributed by atoms with van der Waals surface area (Å²) >= 11 is 0. The second kappa shape index (κ2) is 10.5. The van der Waals surface area contributed by atoms with Crippen LogP contribution in [-0.2, 0) is 16.1 Å². The van der Waals surface area contributed by atoms with Gasteiger partial charge in [-0.2, -0.15) is 0 Å². The van der Waals surface area contributed by atoms with Gasteiger partial charge in [0, 0.05) is 24.5 Å². The second-order valence-electron chi connectivity index (χ2n) is 8.25. The molecule has 2 aliphatic rings. The number of carbonyl (C=O) groups is 3. The molecule has 1 aliphatic carbocycles. The van der Waals surface area contributed by atoms with E-state index in [9.17, 15) is 19.5 Å². The van der Waals surface area contributed by atoms with Crippen LogP contribution in [0.3, 0.4) is 0 Å². The topological polar surface area (TPSA) is 128 Å². The summed E-state index contributed by atoms with van der Waals surface area (Å²) in [6.07, 6.45) is 0.339. The highest BCUT2D eigenvalue weighted by molar-refractivity contribution is 5.87. The fraction of sp³-hybridized carbons (Fsp3) is 0.591. The average molecular weight is 434 g/mol. The van der Waals surface area contributed by atoms with Gasteiger partial charge in [0.05, 0.1) is 6.10 Å². The van der Waals surface area contributed by atoms with Crippen LogP contribution in [0.15, 0.2) is 30.3 Å². The molecule has 1 aliphatic heterocycles. The zero-order chi connectivity index (χ0) is 22.4. The first-order valence-electron chi connectivity index (χ1n) is 10.8. The van der Waals surface area contributed by atoms with E-state index < -0.39 is 24.3 Å². The molecular formula is C22H31N3O6. The van der Waals surface area contributed by atoms with Gasteiger partial charge in [0.25, 0.3) is 0 Å². The number of ether oxygens (including phenoxy) is 1. The van der Waals surface area contributed by atoms with Crippen molar-refractivity contribution in [2.24, 2.45) is 5.92 Å². The number of carboxylic acid groups (broad SMARTS) is 1. The molecule has 1 unspecified atom stereocenters. The van der Waals surface area contributed by atoms with Crippen LogP contribution in [0.2, 0.25) is 0 Å². The number of nitrogens with zero attached hydrogens (tertiary/aromatic N) is 1. The fourth-order valence-corrected chi connectivity index (χ4v) is 4.67. The normalized spacial score (nSPS) is 26.9. The van der Waals surface area contributed by atoms with E-state index in [0.717, 1.165) is 5.56 Å². The van der Waals surface area contributed by atoms with Crippen LogP contribution in [0, 0.1) is 5.92 Å². The zero-order valence-corrected chi connectivity index (χ0v) is 17.7. The number of alkyl carbamates (subject to hydrolysis) is 1. The van der Waals surface area contributed by atoms with E-state index in [4.69, 9.17) is 9.84 Å². The van der Waals surface area contributed by atoms with Crippen molar-refractivity contribution in [2.75, 3.05) is 6.54 Å². The second-order valence-corrected chi connectivity index (χ2v) is 8.25. The van der Waals surface area contributed by atoms with Gasteiger partial charge in [-0.05, 0) is 37.7 Å². The summed E-state index contributed by atoms with van der Waals surface area (Å²) in [5, 5.41) is 24.7. The average Bonchev–Trinajstić information content (AvgIpc) is 3.12. The number of aliphatic hydroxyl groups is 1. The summed E-state index contributed by atoms with van der Waals surface area (Å²) in [6.45, 7) is 2.48. The first-order valence-corrected chi connectivity index (χ1v) is 10.8. The highest BCUT2D eigenvalue weighted by atomic mass is 16.5. The molecule has 0 aromatic heterocycles. The van der Waals surface area contributed by atoms with Crippen molar-refractivity contribution in [3.63, 3.8) is 0 Å². The number of hydrogen-bond donors (Lipinski definition) is 4. The van der Waals surface area contributed by atoms with Crippen LogP contribution in [0.4, 0.5) is 9.59 Å². The molecule has 1 aromatic carbocycles. The SMILES string of the molecule is CCC(O)[C@@H]1C[C@H](NC(=O)O)CC[C@@H]1N1CC[C@H](NC(=O)OCc2ccccc2)C1=O. The minimum absolute atomic E-state index is 0.128. The van der Waals surface area contributed by atoms with Crippen LogP contribution < -0.4 is 10.6 Å². The van der Waals surface area contributed by atoms with Gasteiger partial charge in [0.15, 0.2) is 0 Å². The molecule has 3 rings (SSSR count). The van der Waals surface area contributed by atoms with Gasteiger partial charge in [0.1, 0.15) is 12.6 Å². The Labute approximate surface area is 181 Å². The molecule has 1 saturated heterocycles. The van der Waals surface area contributed by atoms with Crippen LogP contribution in [0.5, 0.6) is 0 Å². The van der Waals surface area contributed by atoms with Crippen LogP contribution in [0.1, 0.15) is 44.6 Å². The first-order chi connectivity index (χ1) is 14.9. The number of rotatable bonds is 7. The molecule has 31 heavy (non-hydrogen) atoms. The largest absolute Gasteiger partial charge is 0.465 e. The van der Waals surface area contributed by atoms with E-state index in [1.165, 1.54) is 0 Å².